The van der Waals surface area contributed by atoms with Crippen LogP contribution in [0.3, 0.4) is 0 Å². The third-order valence-corrected chi connectivity index (χ3v) is 3.46. The van der Waals surface area contributed by atoms with E-state index in [-0.39, 0.29) is 6.03 Å². The highest BCUT2D eigenvalue weighted by Crippen LogP contribution is 2.16. The second-order valence-electron chi connectivity index (χ2n) is 5.79. The molecule has 7 heteroatoms. The summed E-state index contributed by atoms with van der Waals surface area (Å²) < 4.78 is 2.48. The molecule has 0 aliphatic rings. The zero-order valence-electron chi connectivity index (χ0n) is 13.1. The van der Waals surface area contributed by atoms with Crippen LogP contribution in [-0.2, 0) is 12.8 Å². The summed E-state index contributed by atoms with van der Waals surface area (Å²) >= 11 is 0. The highest BCUT2D eigenvalue weighted by Gasteiger charge is 2.20. The van der Waals surface area contributed by atoms with E-state index in [1.54, 1.807) is 0 Å². The van der Waals surface area contributed by atoms with E-state index in [2.05, 4.69) is 34.5 Å². The Hall–Kier alpha value is -2.83. The molecule has 1 aromatic carbocycles. The molecule has 118 valence electrons. The fraction of sp³-hybridized carbons (Fsp3) is 0.312. The lowest BCUT2D eigenvalue weighted by molar-refractivity contribution is 0.236. The maximum absolute atomic E-state index is 12.5. The first-order valence-electron chi connectivity index (χ1n) is 7.53. The van der Waals surface area contributed by atoms with Crippen molar-refractivity contribution in [3.63, 3.8) is 0 Å². The van der Waals surface area contributed by atoms with Crippen molar-refractivity contribution in [2.45, 2.75) is 26.7 Å². The van der Waals surface area contributed by atoms with E-state index in [0.29, 0.717) is 12.3 Å². The number of aromatic nitrogens is 6. The average Bonchev–Trinajstić information content (AvgIpc) is 3.18. The first-order valence-corrected chi connectivity index (χ1v) is 7.53. The topological polar surface area (TPSA) is 78.5 Å². The highest BCUT2D eigenvalue weighted by molar-refractivity contribution is 5.77. The van der Waals surface area contributed by atoms with Crippen LogP contribution in [0.5, 0.6) is 0 Å². The number of hydrogen-bond donors (Lipinski definition) is 0. The summed E-state index contributed by atoms with van der Waals surface area (Å²) in [5.74, 6) is 0.380. The maximum atomic E-state index is 12.5. The van der Waals surface area contributed by atoms with E-state index in [4.69, 9.17) is 0 Å². The van der Waals surface area contributed by atoms with Crippen LogP contribution in [0.25, 0.3) is 0 Å². The number of carbonyl (C=O) groups is 1. The third-order valence-electron chi connectivity index (χ3n) is 3.46. The van der Waals surface area contributed by atoms with Gasteiger partial charge in [0.05, 0.1) is 23.8 Å². The third kappa shape index (κ3) is 3.33. The lowest BCUT2D eigenvalue weighted by atomic mass is 10.0. The molecule has 0 unspecified atom stereocenters. The minimum Gasteiger partial charge on any atom is -0.243 e. The normalized spacial score (nSPS) is 11.1. The van der Waals surface area contributed by atoms with Gasteiger partial charge in [-0.05, 0) is 17.9 Å². The van der Waals surface area contributed by atoms with Crippen LogP contribution in [0.1, 0.15) is 30.8 Å². The van der Waals surface area contributed by atoms with Crippen LogP contribution in [0.15, 0.2) is 42.7 Å². The first kappa shape index (κ1) is 15.1. The monoisotopic (exact) mass is 310 g/mol. The Kier molecular flexibility index (Phi) is 4.27. The number of carbonyl (C=O) groups excluding carboxylic acids is 1. The summed E-state index contributed by atoms with van der Waals surface area (Å²) in [6.07, 6.45) is 4.32. The molecule has 23 heavy (non-hydrogen) atoms. The molecule has 3 rings (SSSR count). The van der Waals surface area contributed by atoms with Gasteiger partial charge in [-0.25, -0.2) is 4.79 Å². The molecule has 0 radical (unpaired) electrons. The molecule has 0 bridgehead atoms. The molecule has 0 saturated carbocycles. The summed E-state index contributed by atoms with van der Waals surface area (Å²) in [5, 5.41) is 15.7. The Morgan fingerprint density at radius 1 is 1.17 bits per heavy atom. The number of benzene rings is 1. The van der Waals surface area contributed by atoms with E-state index in [9.17, 15) is 4.79 Å². The standard InChI is InChI=1S/C16H18N6O/c1-12(2)10-15-14(11-13-6-4-3-5-7-13)18-20-22(15)16(23)21-9-8-17-19-21/h3-9,12H,10-11H2,1-2H3. The van der Waals surface area contributed by atoms with Gasteiger partial charge in [0.2, 0.25) is 0 Å². The van der Waals surface area contributed by atoms with Crippen molar-refractivity contribution in [3.05, 3.63) is 59.7 Å². The van der Waals surface area contributed by atoms with Crippen LogP contribution in [-0.4, -0.2) is 36.0 Å². The molecule has 2 heterocycles. The fourth-order valence-electron chi connectivity index (χ4n) is 2.41. The molecular formula is C16H18N6O. The van der Waals surface area contributed by atoms with Gasteiger partial charge in [-0.1, -0.05) is 54.6 Å². The Labute approximate surface area is 133 Å². The van der Waals surface area contributed by atoms with E-state index in [0.717, 1.165) is 28.1 Å². The van der Waals surface area contributed by atoms with Crippen LogP contribution in [0.2, 0.25) is 0 Å². The summed E-state index contributed by atoms with van der Waals surface area (Å²) in [7, 11) is 0. The average molecular weight is 310 g/mol. The van der Waals surface area contributed by atoms with Gasteiger partial charge >= 0.3 is 6.03 Å². The zero-order chi connectivity index (χ0) is 16.2. The molecule has 2 aromatic heterocycles. The van der Waals surface area contributed by atoms with Gasteiger partial charge in [0.15, 0.2) is 0 Å². The Balaban J connectivity index is 1.95. The molecular weight excluding hydrogens is 292 g/mol. The molecule has 0 N–H and O–H groups in total. The highest BCUT2D eigenvalue weighted by atomic mass is 16.2. The van der Waals surface area contributed by atoms with Crippen LogP contribution in [0.4, 0.5) is 4.79 Å². The van der Waals surface area contributed by atoms with Gasteiger partial charge < -0.3 is 0 Å². The minimum atomic E-state index is -0.370. The maximum Gasteiger partial charge on any atom is 0.372 e. The molecule has 0 fully saturated rings. The van der Waals surface area contributed by atoms with Gasteiger partial charge in [0.25, 0.3) is 0 Å². The molecule has 0 aliphatic heterocycles. The summed E-state index contributed by atoms with van der Waals surface area (Å²) in [6.45, 7) is 4.20. The zero-order valence-corrected chi connectivity index (χ0v) is 13.1. The summed E-state index contributed by atoms with van der Waals surface area (Å²) in [4.78, 5) is 12.5. The Morgan fingerprint density at radius 3 is 2.61 bits per heavy atom. The van der Waals surface area contributed by atoms with Gasteiger partial charge in [0.1, 0.15) is 0 Å². The van der Waals surface area contributed by atoms with Gasteiger partial charge in [-0.3, -0.25) is 0 Å². The van der Waals surface area contributed by atoms with E-state index >= 15 is 0 Å². The molecule has 0 spiro atoms. The van der Waals surface area contributed by atoms with Crippen LogP contribution in [0, 0.1) is 5.92 Å². The Morgan fingerprint density at radius 2 is 1.96 bits per heavy atom. The predicted octanol–water partition coefficient (Wildman–Crippen LogP) is 2.18. The van der Waals surface area contributed by atoms with E-state index in [1.165, 1.54) is 17.1 Å². The number of nitrogens with zero attached hydrogens (tertiary/aromatic N) is 6. The second-order valence-corrected chi connectivity index (χ2v) is 5.79. The van der Waals surface area contributed by atoms with Crippen molar-refractivity contribution in [2.24, 2.45) is 5.92 Å². The molecule has 0 aliphatic carbocycles. The van der Waals surface area contributed by atoms with Crippen molar-refractivity contribution in [1.82, 2.24) is 30.0 Å². The van der Waals surface area contributed by atoms with Crippen molar-refractivity contribution >= 4 is 6.03 Å². The number of rotatable bonds is 4. The van der Waals surface area contributed by atoms with Crippen LogP contribution >= 0.6 is 0 Å². The lowest BCUT2D eigenvalue weighted by Crippen LogP contribution is -2.24. The van der Waals surface area contributed by atoms with Crippen molar-refractivity contribution in [1.29, 1.82) is 0 Å². The quantitative estimate of drug-likeness (QED) is 0.738. The number of hydrogen-bond acceptors (Lipinski definition) is 5. The van der Waals surface area contributed by atoms with Gasteiger partial charge in [-0.15, -0.1) is 10.2 Å². The Bertz CT molecular complexity index is 776. The minimum absolute atomic E-state index is 0.370. The van der Waals surface area contributed by atoms with Crippen LogP contribution < -0.4 is 0 Å². The molecule has 0 atom stereocenters. The molecule has 7 nitrogen and oxygen atoms in total. The lowest BCUT2D eigenvalue weighted by Gasteiger charge is -2.09. The molecule has 0 amide bonds. The SMILES string of the molecule is CC(C)Cc1c(Cc2ccccc2)nnn1C(=O)n1ccnn1. The fourth-order valence-corrected chi connectivity index (χ4v) is 2.41. The van der Waals surface area contributed by atoms with Crippen molar-refractivity contribution in [3.8, 4) is 0 Å². The smallest absolute Gasteiger partial charge is 0.243 e. The van der Waals surface area contributed by atoms with E-state index < -0.39 is 0 Å². The van der Waals surface area contributed by atoms with Gasteiger partial charge in [0, 0.05) is 6.42 Å². The first-order chi connectivity index (χ1) is 11.1. The van der Waals surface area contributed by atoms with E-state index in [1.807, 2.05) is 30.3 Å². The second kappa shape index (κ2) is 6.51. The van der Waals surface area contributed by atoms with Crippen molar-refractivity contribution in [2.75, 3.05) is 0 Å². The molecule has 3 aromatic rings. The van der Waals surface area contributed by atoms with Crippen molar-refractivity contribution < 1.29 is 4.79 Å². The summed E-state index contributed by atoms with van der Waals surface area (Å²) in [6, 6.07) is 9.66. The largest absolute Gasteiger partial charge is 0.372 e. The van der Waals surface area contributed by atoms with Gasteiger partial charge in [-0.2, -0.15) is 9.36 Å². The predicted molar refractivity (Wildman–Crippen MR) is 84.0 cm³/mol. The molecule has 0 saturated heterocycles. The summed E-state index contributed by atoms with van der Waals surface area (Å²) in [5.41, 5.74) is 2.78.